The Morgan fingerprint density at radius 1 is 1.00 bits per heavy atom. The molecule has 3 heteroatoms. The largest absolute Gasteiger partial charge is 0.481 e. The first kappa shape index (κ1) is 16.1. The van der Waals surface area contributed by atoms with E-state index >= 15 is 0 Å². The molecule has 0 aromatic heterocycles. The Balaban J connectivity index is 1.96. The standard InChI is InChI=1S/C19H23NO2/c1-13-10-11-17(12-14(13)2)15(3)20-19(21)16(4)22-18-8-6-5-7-9-18/h5-12,15-16H,1-4H3,(H,20,21)/t15-,16-/m0/s1. The minimum atomic E-state index is -0.531. The van der Waals surface area contributed by atoms with E-state index in [4.69, 9.17) is 4.74 Å². The van der Waals surface area contributed by atoms with Gasteiger partial charge in [-0.2, -0.15) is 0 Å². The quantitative estimate of drug-likeness (QED) is 0.907. The van der Waals surface area contributed by atoms with Crippen LogP contribution >= 0.6 is 0 Å². The molecule has 0 spiro atoms. The summed E-state index contributed by atoms with van der Waals surface area (Å²) in [6.07, 6.45) is -0.531. The molecule has 2 rings (SSSR count). The van der Waals surface area contributed by atoms with Crippen LogP contribution in [0.3, 0.4) is 0 Å². The predicted octanol–water partition coefficient (Wildman–Crippen LogP) is 3.95. The molecule has 22 heavy (non-hydrogen) atoms. The molecule has 0 heterocycles. The molecule has 1 N–H and O–H groups in total. The molecule has 0 unspecified atom stereocenters. The maximum atomic E-state index is 12.2. The number of amides is 1. The van der Waals surface area contributed by atoms with Crippen LogP contribution in [0.1, 0.15) is 36.6 Å². The van der Waals surface area contributed by atoms with Gasteiger partial charge in [-0.1, -0.05) is 36.4 Å². The molecule has 0 aliphatic carbocycles. The fourth-order valence-electron chi connectivity index (χ4n) is 2.20. The zero-order valence-electron chi connectivity index (χ0n) is 13.6. The highest BCUT2D eigenvalue weighted by atomic mass is 16.5. The Morgan fingerprint density at radius 3 is 2.32 bits per heavy atom. The normalized spacial score (nSPS) is 13.3. The lowest BCUT2D eigenvalue weighted by Crippen LogP contribution is -2.37. The third-order valence-electron chi connectivity index (χ3n) is 3.82. The van der Waals surface area contributed by atoms with Gasteiger partial charge in [0.1, 0.15) is 5.75 Å². The van der Waals surface area contributed by atoms with Gasteiger partial charge in [0, 0.05) is 0 Å². The Labute approximate surface area is 132 Å². The van der Waals surface area contributed by atoms with Gasteiger partial charge in [0.25, 0.3) is 5.91 Å². The van der Waals surface area contributed by atoms with E-state index in [9.17, 15) is 4.79 Å². The minimum absolute atomic E-state index is 0.0476. The van der Waals surface area contributed by atoms with Crippen LogP contribution in [-0.4, -0.2) is 12.0 Å². The van der Waals surface area contributed by atoms with Crippen molar-refractivity contribution in [1.29, 1.82) is 0 Å². The van der Waals surface area contributed by atoms with Crippen LogP contribution in [0.2, 0.25) is 0 Å². The molecular formula is C19H23NO2. The minimum Gasteiger partial charge on any atom is -0.481 e. The molecule has 0 saturated carbocycles. The van der Waals surface area contributed by atoms with Gasteiger partial charge in [-0.05, 0) is 56.5 Å². The van der Waals surface area contributed by atoms with E-state index < -0.39 is 6.10 Å². The second-order valence-corrected chi connectivity index (χ2v) is 5.65. The van der Waals surface area contributed by atoms with Gasteiger partial charge in [0.15, 0.2) is 6.10 Å². The molecule has 2 aromatic carbocycles. The summed E-state index contributed by atoms with van der Waals surface area (Å²) in [5.41, 5.74) is 3.58. The van der Waals surface area contributed by atoms with Crippen LogP contribution < -0.4 is 10.1 Å². The summed E-state index contributed by atoms with van der Waals surface area (Å²) in [6.45, 7) is 7.90. The number of carbonyl (C=O) groups excluding carboxylic acids is 1. The SMILES string of the molecule is Cc1ccc([C@H](C)NC(=O)[C@H](C)Oc2ccccc2)cc1C. The fraction of sp³-hybridized carbons (Fsp3) is 0.316. The Bertz CT molecular complexity index is 637. The number of para-hydroxylation sites is 1. The van der Waals surface area contributed by atoms with Crippen molar-refractivity contribution in [1.82, 2.24) is 5.32 Å². The van der Waals surface area contributed by atoms with Crippen molar-refractivity contribution in [3.8, 4) is 5.75 Å². The zero-order chi connectivity index (χ0) is 16.1. The molecule has 116 valence electrons. The van der Waals surface area contributed by atoms with Crippen LogP contribution in [0.4, 0.5) is 0 Å². The van der Waals surface area contributed by atoms with E-state index in [1.54, 1.807) is 6.92 Å². The molecule has 0 bridgehead atoms. The lowest BCUT2D eigenvalue weighted by atomic mass is 10.0. The third-order valence-corrected chi connectivity index (χ3v) is 3.82. The zero-order valence-corrected chi connectivity index (χ0v) is 13.6. The molecule has 0 radical (unpaired) electrons. The van der Waals surface area contributed by atoms with Gasteiger partial charge in [-0.25, -0.2) is 0 Å². The fourth-order valence-corrected chi connectivity index (χ4v) is 2.20. The van der Waals surface area contributed by atoms with E-state index in [0.29, 0.717) is 5.75 Å². The summed E-state index contributed by atoms with van der Waals surface area (Å²) in [4.78, 5) is 12.2. The third kappa shape index (κ3) is 4.10. The summed E-state index contributed by atoms with van der Waals surface area (Å²) in [5, 5.41) is 3.00. The number of ether oxygens (including phenoxy) is 1. The molecule has 0 aliphatic heterocycles. The molecule has 3 nitrogen and oxygen atoms in total. The summed E-state index contributed by atoms with van der Waals surface area (Å²) in [5.74, 6) is 0.582. The van der Waals surface area contributed by atoms with Gasteiger partial charge in [0.05, 0.1) is 6.04 Å². The highest BCUT2D eigenvalue weighted by Crippen LogP contribution is 2.17. The van der Waals surface area contributed by atoms with E-state index in [1.807, 2.05) is 37.3 Å². The van der Waals surface area contributed by atoms with Gasteiger partial charge >= 0.3 is 0 Å². The lowest BCUT2D eigenvalue weighted by Gasteiger charge is -2.19. The smallest absolute Gasteiger partial charge is 0.261 e. The van der Waals surface area contributed by atoms with E-state index in [1.165, 1.54) is 11.1 Å². The number of hydrogen-bond donors (Lipinski definition) is 1. The van der Waals surface area contributed by atoms with Crippen molar-refractivity contribution in [2.75, 3.05) is 0 Å². The molecular weight excluding hydrogens is 274 g/mol. The molecule has 0 fully saturated rings. The van der Waals surface area contributed by atoms with Crippen molar-refractivity contribution in [3.05, 3.63) is 65.2 Å². The van der Waals surface area contributed by atoms with E-state index in [-0.39, 0.29) is 11.9 Å². The number of nitrogens with one attached hydrogen (secondary N) is 1. The average Bonchev–Trinajstić information content (AvgIpc) is 2.50. The number of carbonyl (C=O) groups is 1. The van der Waals surface area contributed by atoms with Crippen LogP contribution in [-0.2, 0) is 4.79 Å². The molecule has 1 amide bonds. The van der Waals surface area contributed by atoms with Gasteiger partial charge in [0.2, 0.25) is 0 Å². The Kier molecular flexibility index (Phi) is 5.21. The highest BCUT2D eigenvalue weighted by Gasteiger charge is 2.17. The van der Waals surface area contributed by atoms with Crippen molar-refractivity contribution < 1.29 is 9.53 Å². The second-order valence-electron chi connectivity index (χ2n) is 5.65. The van der Waals surface area contributed by atoms with Crippen molar-refractivity contribution in [3.63, 3.8) is 0 Å². The van der Waals surface area contributed by atoms with Crippen molar-refractivity contribution in [2.45, 2.75) is 39.8 Å². The van der Waals surface area contributed by atoms with E-state index in [0.717, 1.165) is 5.56 Å². The Morgan fingerprint density at radius 2 is 1.68 bits per heavy atom. The second kappa shape index (κ2) is 7.12. The molecule has 2 atom stereocenters. The highest BCUT2D eigenvalue weighted by molar-refractivity contribution is 5.81. The van der Waals surface area contributed by atoms with Crippen LogP contribution in [0.15, 0.2) is 48.5 Å². The Hall–Kier alpha value is -2.29. The number of benzene rings is 2. The lowest BCUT2D eigenvalue weighted by molar-refractivity contribution is -0.127. The van der Waals surface area contributed by atoms with Gasteiger partial charge in [-0.3, -0.25) is 4.79 Å². The first-order valence-corrected chi connectivity index (χ1v) is 7.56. The summed E-state index contributed by atoms with van der Waals surface area (Å²) >= 11 is 0. The number of aryl methyl sites for hydroxylation is 2. The van der Waals surface area contributed by atoms with Crippen LogP contribution in [0.5, 0.6) is 5.75 Å². The number of hydrogen-bond acceptors (Lipinski definition) is 2. The van der Waals surface area contributed by atoms with E-state index in [2.05, 4.69) is 37.4 Å². The first-order valence-electron chi connectivity index (χ1n) is 7.56. The molecule has 0 saturated heterocycles. The summed E-state index contributed by atoms with van der Waals surface area (Å²) < 4.78 is 5.64. The molecule has 2 aromatic rings. The van der Waals surface area contributed by atoms with Crippen LogP contribution in [0.25, 0.3) is 0 Å². The van der Waals surface area contributed by atoms with Crippen LogP contribution in [0, 0.1) is 13.8 Å². The topological polar surface area (TPSA) is 38.3 Å². The molecule has 0 aliphatic rings. The average molecular weight is 297 g/mol. The van der Waals surface area contributed by atoms with Crippen molar-refractivity contribution >= 4 is 5.91 Å². The summed E-state index contributed by atoms with van der Waals surface area (Å²) in [7, 11) is 0. The monoisotopic (exact) mass is 297 g/mol. The van der Waals surface area contributed by atoms with Crippen molar-refractivity contribution in [2.24, 2.45) is 0 Å². The predicted molar refractivity (Wildman–Crippen MR) is 89.0 cm³/mol. The first-order chi connectivity index (χ1) is 10.5. The number of rotatable bonds is 5. The maximum Gasteiger partial charge on any atom is 0.261 e. The van der Waals surface area contributed by atoms with Gasteiger partial charge in [-0.15, -0.1) is 0 Å². The van der Waals surface area contributed by atoms with Gasteiger partial charge < -0.3 is 10.1 Å². The summed E-state index contributed by atoms with van der Waals surface area (Å²) in [6, 6.07) is 15.6. The maximum absolute atomic E-state index is 12.2.